The molecule has 0 radical (unpaired) electrons. The number of alkyl halides is 3. The zero-order valence-electron chi connectivity index (χ0n) is 20.1. The predicted octanol–water partition coefficient (Wildman–Crippen LogP) is 5.23. The van der Waals surface area contributed by atoms with Gasteiger partial charge >= 0.3 is 6.18 Å². The zero-order valence-corrected chi connectivity index (χ0v) is 21.7. The molecule has 1 saturated heterocycles. The molecule has 7 nitrogen and oxygen atoms in total. The van der Waals surface area contributed by atoms with Gasteiger partial charge < -0.3 is 5.73 Å². The van der Waals surface area contributed by atoms with Gasteiger partial charge in [0.1, 0.15) is 11.7 Å². The first-order valence-corrected chi connectivity index (χ1v) is 11.3. The highest BCUT2D eigenvalue weighted by Crippen LogP contribution is 2.39. The van der Waals surface area contributed by atoms with Crippen molar-refractivity contribution in [3.63, 3.8) is 0 Å². The molecule has 0 spiro atoms. The normalized spacial score (nSPS) is 17.3. The standard InChI is InChI=1S/C25H24F3N7.2ClH/c1-24(2,14-29)18-5-3-4-15-6-8-19(31-21(15)18)23-33-32-20-9-7-16(12-35(20)23)22(25(26,27)28)34-11-10-17(30)13-34;;/h3-9,12,17,22H,10-11,13,30H2,1-2H3;2*1H/t17?,22-;;/m1../s1. The average molecular weight is 552 g/mol. The van der Waals surface area contributed by atoms with Crippen molar-refractivity contribution in [2.24, 2.45) is 5.73 Å². The average Bonchev–Trinajstić information content (AvgIpc) is 3.43. The van der Waals surface area contributed by atoms with E-state index in [1.165, 1.54) is 27.6 Å². The van der Waals surface area contributed by atoms with Crippen molar-refractivity contribution in [2.75, 3.05) is 13.1 Å². The Labute approximate surface area is 224 Å². The molecule has 1 aliphatic rings. The Balaban J connectivity index is 0.00000190. The molecule has 4 aromatic rings. The molecule has 1 unspecified atom stereocenters. The van der Waals surface area contributed by atoms with Gasteiger partial charge in [-0.15, -0.1) is 35.0 Å². The molecule has 0 saturated carbocycles. The third-order valence-corrected chi connectivity index (χ3v) is 6.57. The molecule has 5 rings (SSSR count). The van der Waals surface area contributed by atoms with Gasteiger partial charge in [-0.2, -0.15) is 18.4 Å². The third kappa shape index (κ3) is 5.22. The number of pyridine rings is 2. The number of likely N-dealkylation sites (tertiary alicyclic amines) is 1. The van der Waals surface area contributed by atoms with E-state index < -0.39 is 17.6 Å². The maximum absolute atomic E-state index is 14.1. The van der Waals surface area contributed by atoms with Crippen LogP contribution in [0, 0.1) is 11.3 Å². The van der Waals surface area contributed by atoms with Crippen molar-refractivity contribution in [2.45, 2.75) is 43.9 Å². The van der Waals surface area contributed by atoms with Gasteiger partial charge in [-0.1, -0.05) is 30.3 Å². The Morgan fingerprint density at radius 3 is 2.49 bits per heavy atom. The first-order valence-electron chi connectivity index (χ1n) is 11.3. The minimum atomic E-state index is -4.47. The molecule has 0 aliphatic carbocycles. The van der Waals surface area contributed by atoms with Crippen LogP contribution in [0.5, 0.6) is 0 Å². The number of hydrogen-bond acceptors (Lipinski definition) is 6. The Bertz CT molecular complexity index is 1460. The fraction of sp³-hybridized carbons (Fsp3) is 0.360. The predicted molar refractivity (Wildman–Crippen MR) is 140 cm³/mol. The summed E-state index contributed by atoms with van der Waals surface area (Å²) >= 11 is 0. The van der Waals surface area contributed by atoms with Gasteiger partial charge in [0.2, 0.25) is 0 Å². The maximum atomic E-state index is 14.1. The van der Waals surface area contributed by atoms with Gasteiger partial charge in [-0.25, -0.2) is 4.98 Å². The third-order valence-electron chi connectivity index (χ3n) is 6.57. The lowest BCUT2D eigenvalue weighted by Gasteiger charge is -2.30. The highest BCUT2D eigenvalue weighted by atomic mass is 35.5. The molecule has 2 N–H and O–H groups in total. The molecule has 1 aromatic carbocycles. The van der Waals surface area contributed by atoms with Crippen molar-refractivity contribution in [3.05, 3.63) is 59.8 Å². The highest BCUT2D eigenvalue weighted by molar-refractivity contribution is 5.86. The quantitative estimate of drug-likeness (QED) is 0.373. The number of aromatic nitrogens is 4. The van der Waals surface area contributed by atoms with E-state index in [9.17, 15) is 18.4 Å². The SMILES string of the molecule is CC(C)(C#N)c1cccc2ccc(-c3nnc4ccc([C@@H](N5CCC(N)C5)C(F)(F)F)cn34)nc12.Cl.Cl. The van der Waals surface area contributed by atoms with E-state index in [0.717, 1.165) is 10.9 Å². The number of nitriles is 1. The summed E-state index contributed by atoms with van der Waals surface area (Å²) in [4.78, 5) is 6.14. The molecule has 0 amide bonds. The Hall–Kier alpha value is -2.97. The van der Waals surface area contributed by atoms with Crippen LogP contribution in [0.2, 0.25) is 0 Å². The minimum absolute atomic E-state index is 0. The summed E-state index contributed by atoms with van der Waals surface area (Å²) in [6.07, 6.45) is -2.51. The van der Waals surface area contributed by atoms with E-state index >= 15 is 0 Å². The van der Waals surface area contributed by atoms with Crippen LogP contribution in [0.3, 0.4) is 0 Å². The molecular formula is C25H26Cl2F3N7. The lowest BCUT2D eigenvalue weighted by atomic mass is 9.85. The Kier molecular flexibility index (Phi) is 8.05. The van der Waals surface area contributed by atoms with Crippen molar-refractivity contribution in [1.82, 2.24) is 24.5 Å². The van der Waals surface area contributed by atoms with E-state index in [1.807, 2.05) is 38.1 Å². The summed E-state index contributed by atoms with van der Waals surface area (Å²) in [5.41, 5.74) is 7.48. The van der Waals surface area contributed by atoms with Gasteiger partial charge in [0.15, 0.2) is 11.5 Å². The van der Waals surface area contributed by atoms with Gasteiger partial charge in [0.05, 0.1) is 17.0 Å². The summed E-state index contributed by atoms with van der Waals surface area (Å²) in [6.45, 7) is 4.09. The summed E-state index contributed by atoms with van der Waals surface area (Å²) in [5.74, 6) is 0.326. The van der Waals surface area contributed by atoms with E-state index in [0.29, 0.717) is 29.1 Å². The number of hydrogen-bond donors (Lipinski definition) is 1. The largest absolute Gasteiger partial charge is 0.408 e. The number of rotatable bonds is 4. The second kappa shape index (κ2) is 10.4. The topological polar surface area (TPSA) is 96.1 Å². The number of halogens is 5. The second-order valence-electron chi connectivity index (χ2n) is 9.51. The Morgan fingerprint density at radius 1 is 1.08 bits per heavy atom. The Morgan fingerprint density at radius 2 is 1.84 bits per heavy atom. The van der Waals surface area contributed by atoms with E-state index in [-0.39, 0.29) is 49.5 Å². The number of benzene rings is 1. The lowest BCUT2D eigenvalue weighted by Crippen LogP contribution is -2.38. The van der Waals surface area contributed by atoms with E-state index in [1.54, 1.807) is 6.07 Å². The van der Waals surface area contributed by atoms with E-state index in [2.05, 4.69) is 16.3 Å². The van der Waals surface area contributed by atoms with Crippen molar-refractivity contribution < 1.29 is 13.2 Å². The van der Waals surface area contributed by atoms with Crippen molar-refractivity contribution >= 4 is 41.4 Å². The van der Waals surface area contributed by atoms with Crippen LogP contribution in [0.25, 0.3) is 28.1 Å². The molecular weight excluding hydrogens is 526 g/mol. The summed E-state index contributed by atoms with van der Waals surface area (Å²) in [6, 6.07) is 12.5. The molecule has 0 bridgehead atoms. The summed E-state index contributed by atoms with van der Waals surface area (Å²) in [5, 5.41) is 18.9. The second-order valence-corrected chi connectivity index (χ2v) is 9.51. The fourth-order valence-electron chi connectivity index (χ4n) is 4.74. The monoisotopic (exact) mass is 551 g/mol. The maximum Gasteiger partial charge on any atom is 0.408 e. The minimum Gasteiger partial charge on any atom is -0.326 e. The molecule has 4 heterocycles. The van der Waals surface area contributed by atoms with Gasteiger partial charge in [0, 0.05) is 30.7 Å². The molecule has 1 aliphatic heterocycles. The first-order chi connectivity index (χ1) is 16.6. The molecule has 1 fully saturated rings. The van der Waals surface area contributed by atoms with Crippen molar-refractivity contribution in [3.8, 4) is 17.6 Å². The molecule has 2 atom stereocenters. The van der Waals surface area contributed by atoms with Gasteiger partial charge in [-0.05, 0) is 43.5 Å². The van der Waals surface area contributed by atoms with Crippen molar-refractivity contribution in [1.29, 1.82) is 5.26 Å². The van der Waals surface area contributed by atoms with Crippen LogP contribution in [-0.2, 0) is 5.41 Å². The fourth-order valence-corrected chi connectivity index (χ4v) is 4.74. The number of nitrogens with two attached hydrogens (primary N) is 1. The van der Waals surface area contributed by atoms with Crippen LogP contribution >= 0.6 is 24.8 Å². The molecule has 196 valence electrons. The lowest BCUT2D eigenvalue weighted by molar-refractivity contribution is -0.183. The highest BCUT2D eigenvalue weighted by Gasteiger charge is 2.46. The molecule has 12 heteroatoms. The van der Waals surface area contributed by atoms with Crippen LogP contribution < -0.4 is 5.73 Å². The number of nitrogens with zero attached hydrogens (tertiary/aromatic N) is 6. The van der Waals surface area contributed by atoms with Crippen LogP contribution in [-0.4, -0.2) is 49.8 Å². The zero-order chi connectivity index (χ0) is 25.0. The summed E-state index contributed by atoms with van der Waals surface area (Å²) in [7, 11) is 0. The molecule has 3 aromatic heterocycles. The number of fused-ring (bicyclic) bond motifs is 2. The summed E-state index contributed by atoms with van der Waals surface area (Å²) < 4.78 is 43.9. The first kappa shape index (κ1) is 28.6. The number of para-hydroxylation sites is 1. The van der Waals surface area contributed by atoms with Gasteiger partial charge in [-0.3, -0.25) is 9.30 Å². The van der Waals surface area contributed by atoms with Crippen LogP contribution in [0.4, 0.5) is 13.2 Å². The van der Waals surface area contributed by atoms with Gasteiger partial charge in [0.25, 0.3) is 0 Å². The molecule has 37 heavy (non-hydrogen) atoms. The smallest absolute Gasteiger partial charge is 0.326 e. The van der Waals surface area contributed by atoms with E-state index in [4.69, 9.17) is 10.7 Å². The van der Waals surface area contributed by atoms with Crippen LogP contribution in [0.1, 0.15) is 37.4 Å². The van der Waals surface area contributed by atoms with Crippen LogP contribution in [0.15, 0.2) is 48.7 Å².